The van der Waals surface area contributed by atoms with Gasteiger partial charge in [-0.25, -0.2) is 4.98 Å². The molecule has 0 saturated heterocycles. The molecule has 0 amide bonds. The Balaban J connectivity index is 1.87. The lowest BCUT2D eigenvalue weighted by molar-refractivity contribution is 0.682. The van der Waals surface area contributed by atoms with Crippen LogP contribution in [0.2, 0.25) is 0 Å². The second-order valence-electron chi connectivity index (χ2n) is 4.48. The number of benzene rings is 1. The van der Waals surface area contributed by atoms with Crippen LogP contribution in [0.25, 0.3) is 4.96 Å². The van der Waals surface area contributed by atoms with E-state index in [4.69, 9.17) is 5.73 Å². The van der Waals surface area contributed by atoms with Crippen molar-refractivity contribution in [2.24, 2.45) is 5.73 Å². The molecular weight excluding hydrogens is 322 g/mol. The maximum atomic E-state index is 5.94. The van der Waals surface area contributed by atoms with Gasteiger partial charge in [-0.2, -0.15) is 0 Å². The summed E-state index contributed by atoms with van der Waals surface area (Å²) >= 11 is 5.25. The second kappa shape index (κ2) is 5.45. The highest BCUT2D eigenvalue weighted by molar-refractivity contribution is 9.10. The van der Waals surface area contributed by atoms with Gasteiger partial charge in [0, 0.05) is 28.2 Å². The molecule has 3 aromatic rings. The van der Waals surface area contributed by atoms with E-state index >= 15 is 0 Å². The fraction of sp³-hybridized carbons (Fsp3) is 0.214. The Morgan fingerprint density at radius 2 is 2.21 bits per heavy atom. The molecule has 98 valence electrons. The zero-order valence-electron chi connectivity index (χ0n) is 10.3. The van der Waals surface area contributed by atoms with Crippen LogP contribution in [-0.4, -0.2) is 15.9 Å². The van der Waals surface area contributed by atoms with Crippen LogP contribution in [0.5, 0.6) is 0 Å². The zero-order valence-corrected chi connectivity index (χ0v) is 12.7. The number of rotatable bonds is 4. The fourth-order valence-corrected chi connectivity index (χ4v) is 3.58. The van der Waals surface area contributed by atoms with Crippen LogP contribution in [0.4, 0.5) is 0 Å². The van der Waals surface area contributed by atoms with E-state index in [2.05, 4.69) is 49.7 Å². The maximum Gasteiger partial charge on any atom is 0.193 e. The summed E-state index contributed by atoms with van der Waals surface area (Å²) in [7, 11) is 0. The SMILES string of the molecule is NCC(Cc1cn2ccsc2n1)c1ccccc1Br. The molecule has 1 atom stereocenters. The summed E-state index contributed by atoms with van der Waals surface area (Å²) in [6.07, 6.45) is 4.99. The molecule has 0 saturated carbocycles. The van der Waals surface area contributed by atoms with Crippen LogP contribution in [0, 0.1) is 0 Å². The van der Waals surface area contributed by atoms with Crippen molar-refractivity contribution < 1.29 is 0 Å². The highest BCUT2D eigenvalue weighted by Gasteiger charge is 2.15. The number of aromatic nitrogens is 2. The summed E-state index contributed by atoms with van der Waals surface area (Å²) in [6, 6.07) is 8.26. The molecule has 1 unspecified atom stereocenters. The van der Waals surface area contributed by atoms with Crippen molar-refractivity contribution in [2.75, 3.05) is 6.54 Å². The van der Waals surface area contributed by atoms with Gasteiger partial charge in [0.05, 0.1) is 5.69 Å². The van der Waals surface area contributed by atoms with Crippen molar-refractivity contribution >= 4 is 32.2 Å². The zero-order chi connectivity index (χ0) is 13.2. The van der Waals surface area contributed by atoms with Gasteiger partial charge in [-0.1, -0.05) is 34.1 Å². The molecule has 2 N–H and O–H groups in total. The third-order valence-electron chi connectivity index (χ3n) is 3.23. The van der Waals surface area contributed by atoms with Crippen LogP contribution < -0.4 is 5.73 Å². The first-order valence-corrected chi connectivity index (χ1v) is 7.81. The van der Waals surface area contributed by atoms with Gasteiger partial charge in [-0.05, 0) is 24.6 Å². The molecule has 0 bridgehead atoms. The monoisotopic (exact) mass is 335 g/mol. The summed E-state index contributed by atoms with van der Waals surface area (Å²) in [6.45, 7) is 0.619. The Labute approximate surface area is 124 Å². The van der Waals surface area contributed by atoms with Crippen LogP contribution in [0.1, 0.15) is 17.2 Å². The predicted octanol–water partition coefficient (Wildman–Crippen LogP) is 3.44. The minimum absolute atomic E-state index is 0.292. The standard InChI is InChI=1S/C14H14BrN3S/c15-13-4-2-1-3-12(13)10(8-16)7-11-9-18-5-6-19-14(18)17-11/h1-6,9-10H,7-8,16H2. The number of nitrogens with zero attached hydrogens (tertiary/aromatic N) is 2. The van der Waals surface area contributed by atoms with Crippen molar-refractivity contribution in [3.63, 3.8) is 0 Å². The van der Waals surface area contributed by atoms with Gasteiger partial charge in [0.25, 0.3) is 0 Å². The highest BCUT2D eigenvalue weighted by Crippen LogP contribution is 2.27. The first-order chi connectivity index (χ1) is 9.28. The van der Waals surface area contributed by atoms with Crippen LogP contribution >= 0.6 is 27.3 Å². The Bertz CT molecular complexity index is 660. The average Bonchev–Trinajstić information content (AvgIpc) is 2.97. The first-order valence-electron chi connectivity index (χ1n) is 6.13. The molecule has 0 radical (unpaired) electrons. The number of fused-ring (bicyclic) bond motifs is 1. The minimum Gasteiger partial charge on any atom is -0.330 e. The number of hydrogen-bond acceptors (Lipinski definition) is 3. The Morgan fingerprint density at radius 3 is 2.95 bits per heavy atom. The number of nitrogens with two attached hydrogens (primary N) is 1. The third kappa shape index (κ3) is 2.59. The largest absolute Gasteiger partial charge is 0.330 e. The lowest BCUT2D eigenvalue weighted by Crippen LogP contribution is -2.15. The van der Waals surface area contributed by atoms with Crippen molar-refractivity contribution in [1.29, 1.82) is 0 Å². The molecule has 3 rings (SSSR count). The molecule has 0 aliphatic rings. The van der Waals surface area contributed by atoms with E-state index in [-0.39, 0.29) is 0 Å². The van der Waals surface area contributed by atoms with E-state index in [1.807, 2.05) is 17.6 Å². The van der Waals surface area contributed by atoms with Gasteiger partial charge in [0.2, 0.25) is 0 Å². The predicted molar refractivity (Wildman–Crippen MR) is 82.7 cm³/mol. The topological polar surface area (TPSA) is 43.3 Å². The van der Waals surface area contributed by atoms with Gasteiger partial charge < -0.3 is 5.73 Å². The maximum absolute atomic E-state index is 5.94. The summed E-state index contributed by atoms with van der Waals surface area (Å²) in [5, 5.41) is 2.04. The van der Waals surface area contributed by atoms with Gasteiger partial charge in [0.15, 0.2) is 4.96 Å². The molecule has 2 aromatic heterocycles. The molecule has 19 heavy (non-hydrogen) atoms. The first kappa shape index (κ1) is 12.8. The lowest BCUT2D eigenvalue weighted by Gasteiger charge is -2.15. The summed E-state index contributed by atoms with van der Waals surface area (Å²) in [5.41, 5.74) is 8.28. The fourth-order valence-electron chi connectivity index (χ4n) is 2.25. The smallest absolute Gasteiger partial charge is 0.193 e. The van der Waals surface area contributed by atoms with Crippen molar-refractivity contribution in [3.05, 3.63) is 57.8 Å². The molecule has 0 spiro atoms. The number of thiazole rings is 1. The van der Waals surface area contributed by atoms with Crippen molar-refractivity contribution in [1.82, 2.24) is 9.38 Å². The van der Waals surface area contributed by atoms with Crippen LogP contribution in [0.15, 0.2) is 46.5 Å². The third-order valence-corrected chi connectivity index (χ3v) is 4.72. The molecule has 3 nitrogen and oxygen atoms in total. The van der Waals surface area contributed by atoms with E-state index in [9.17, 15) is 0 Å². The lowest BCUT2D eigenvalue weighted by atomic mass is 9.95. The second-order valence-corrected chi connectivity index (χ2v) is 6.21. The normalized spacial score (nSPS) is 12.9. The van der Waals surface area contributed by atoms with Crippen LogP contribution in [-0.2, 0) is 6.42 Å². The van der Waals surface area contributed by atoms with E-state index < -0.39 is 0 Å². The Morgan fingerprint density at radius 1 is 1.37 bits per heavy atom. The van der Waals surface area contributed by atoms with E-state index in [1.54, 1.807) is 11.3 Å². The number of hydrogen-bond donors (Lipinski definition) is 1. The van der Waals surface area contributed by atoms with Gasteiger partial charge in [-0.15, -0.1) is 11.3 Å². The molecule has 0 fully saturated rings. The molecular formula is C14H14BrN3S. The van der Waals surface area contributed by atoms with Gasteiger partial charge in [-0.3, -0.25) is 4.40 Å². The molecule has 2 heterocycles. The molecule has 1 aromatic carbocycles. The van der Waals surface area contributed by atoms with Gasteiger partial charge >= 0.3 is 0 Å². The van der Waals surface area contributed by atoms with Crippen LogP contribution in [0.3, 0.4) is 0 Å². The quantitative estimate of drug-likeness (QED) is 0.793. The number of imidazole rings is 1. The van der Waals surface area contributed by atoms with Crippen molar-refractivity contribution in [3.8, 4) is 0 Å². The highest BCUT2D eigenvalue weighted by atomic mass is 79.9. The van der Waals surface area contributed by atoms with Gasteiger partial charge in [0.1, 0.15) is 0 Å². The van der Waals surface area contributed by atoms with E-state index in [0.717, 1.165) is 21.5 Å². The summed E-state index contributed by atoms with van der Waals surface area (Å²) < 4.78 is 3.18. The van der Waals surface area contributed by atoms with E-state index in [1.165, 1.54) is 5.56 Å². The Kier molecular flexibility index (Phi) is 3.68. The molecule has 0 aliphatic heterocycles. The molecule has 0 aliphatic carbocycles. The minimum atomic E-state index is 0.292. The Hall–Kier alpha value is -1.17. The summed E-state index contributed by atoms with van der Waals surface area (Å²) in [4.78, 5) is 5.67. The van der Waals surface area contributed by atoms with E-state index in [0.29, 0.717) is 12.5 Å². The number of halogens is 1. The molecule has 5 heteroatoms. The average molecular weight is 336 g/mol. The summed E-state index contributed by atoms with van der Waals surface area (Å²) in [5.74, 6) is 0.292. The van der Waals surface area contributed by atoms with Crippen molar-refractivity contribution in [2.45, 2.75) is 12.3 Å².